The third kappa shape index (κ3) is 5.58. The van der Waals surface area contributed by atoms with Crippen LogP contribution >= 0.6 is 0 Å². The van der Waals surface area contributed by atoms with E-state index < -0.39 is 16.0 Å². The molecule has 0 radical (unpaired) electrons. The van der Waals surface area contributed by atoms with Gasteiger partial charge in [-0.05, 0) is 0 Å². The second kappa shape index (κ2) is 7.03. The summed E-state index contributed by atoms with van der Waals surface area (Å²) in [5, 5.41) is 0. The standard InChI is InChI=1S/C13H16NO3.ClHO4/c1-10-13(3,17-11(2)15)16-9-14(10)12-7-5-4-6-8-12;2-1(3,4)5/h4-10H,1-3H3;(H,2,3,4,5)/q+1;/p-1. The normalized spacial score (nSPS) is 23.8. The fourth-order valence-electron chi connectivity index (χ4n) is 1.88. The van der Waals surface area contributed by atoms with Gasteiger partial charge in [0.25, 0.3) is 0 Å². The second-order valence-corrected chi connectivity index (χ2v) is 5.39. The summed E-state index contributed by atoms with van der Waals surface area (Å²) in [6.07, 6.45) is 1.60. The van der Waals surface area contributed by atoms with E-state index in [4.69, 9.17) is 28.1 Å². The molecule has 122 valence electrons. The molecule has 1 aliphatic rings. The Bertz CT molecular complexity index is 537. The van der Waals surface area contributed by atoms with Crippen LogP contribution in [0.5, 0.6) is 0 Å². The number of hydrogen-bond donors (Lipinski definition) is 0. The summed E-state index contributed by atoms with van der Waals surface area (Å²) in [5.41, 5.74) is 1.01. The van der Waals surface area contributed by atoms with E-state index in [1.165, 1.54) is 6.92 Å². The highest BCUT2D eigenvalue weighted by Crippen LogP contribution is 2.29. The predicted molar refractivity (Wildman–Crippen MR) is 63.1 cm³/mol. The van der Waals surface area contributed by atoms with Crippen molar-refractivity contribution < 1.29 is 47.7 Å². The number of carbonyl (C=O) groups is 1. The van der Waals surface area contributed by atoms with Crippen LogP contribution in [-0.4, -0.2) is 28.8 Å². The van der Waals surface area contributed by atoms with Crippen LogP contribution < -0.4 is 18.6 Å². The summed E-state index contributed by atoms with van der Waals surface area (Å²) in [5.74, 6) is -1.27. The van der Waals surface area contributed by atoms with Crippen LogP contribution in [0.15, 0.2) is 30.3 Å². The van der Waals surface area contributed by atoms with Gasteiger partial charge < -0.3 is 9.47 Å². The SMILES string of the molecule is CC(=O)OC1(C)OC=[N+](c2ccccc2)C1C.[O-][Cl+3]([O-])([O-])[O-]. The highest BCUT2D eigenvalue weighted by molar-refractivity contribution is 5.66. The summed E-state index contributed by atoms with van der Waals surface area (Å²) in [6.45, 7) is 5.10. The molecule has 0 amide bonds. The quantitative estimate of drug-likeness (QED) is 0.425. The minimum absolute atomic E-state index is 0.0752. The van der Waals surface area contributed by atoms with Crippen molar-refractivity contribution in [3.63, 3.8) is 0 Å². The second-order valence-electron chi connectivity index (χ2n) is 4.63. The molecule has 0 aromatic heterocycles. The Kier molecular flexibility index (Phi) is 5.86. The van der Waals surface area contributed by atoms with Crippen LogP contribution in [0.1, 0.15) is 20.8 Å². The van der Waals surface area contributed by atoms with Crippen molar-refractivity contribution in [1.29, 1.82) is 0 Å². The van der Waals surface area contributed by atoms with E-state index in [-0.39, 0.29) is 12.0 Å². The largest absolute Gasteiger partial charge is 0.416 e. The molecule has 2 atom stereocenters. The zero-order chi connectivity index (χ0) is 17.0. The molecule has 0 N–H and O–H groups in total. The van der Waals surface area contributed by atoms with Crippen molar-refractivity contribution in [2.45, 2.75) is 32.6 Å². The van der Waals surface area contributed by atoms with Gasteiger partial charge in [0.05, 0.1) is 0 Å². The maximum absolute atomic E-state index is 11.1. The van der Waals surface area contributed by atoms with Crippen LogP contribution in [-0.2, 0) is 14.3 Å². The Labute approximate surface area is 129 Å². The minimum atomic E-state index is -4.94. The highest BCUT2D eigenvalue weighted by Gasteiger charge is 2.49. The number of esters is 1. The van der Waals surface area contributed by atoms with E-state index in [1.54, 1.807) is 13.3 Å². The maximum Gasteiger partial charge on any atom is 0.333 e. The minimum Gasteiger partial charge on any atom is -0.416 e. The summed E-state index contributed by atoms with van der Waals surface area (Å²) in [6, 6.07) is 9.76. The molecule has 0 fully saturated rings. The lowest BCUT2D eigenvalue weighted by atomic mass is 10.1. The van der Waals surface area contributed by atoms with Crippen molar-refractivity contribution in [3.8, 4) is 0 Å². The first-order chi connectivity index (χ1) is 10.0. The topological polar surface area (TPSA) is 131 Å². The predicted octanol–water partition coefficient (Wildman–Crippen LogP) is -2.70. The van der Waals surface area contributed by atoms with Gasteiger partial charge in [0.1, 0.15) is 0 Å². The maximum atomic E-state index is 11.1. The molecule has 9 heteroatoms. The van der Waals surface area contributed by atoms with E-state index in [0.717, 1.165) is 5.69 Å². The molecule has 0 saturated carbocycles. The number of ether oxygens (including phenoxy) is 2. The zero-order valence-electron chi connectivity index (χ0n) is 12.2. The lowest BCUT2D eigenvalue weighted by Crippen LogP contribution is -2.68. The fraction of sp³-hybridized carbons (Fsp3) is 0.385. The van der Waals surface area contributed by atoms with Crippen LogP contribution in [0.2, 0.25) is 0 Å². The number of rotatable bonds is 2. The summed E-state index contributed by atoms with van der Waals surface area (Å²) >= 11 is 0. The van der Waals surface area contributed by atoms with Gasteiger partial charge in [-0.1, -0.05) is 18.2 Å². The van der Waals surface area contributed by atoms with Gasteiger partial charge in [-0.3, -0.25) is 4.79 Å². The first-order valence-electron chi connectivity index (χ1n) is 6.19. The Morgan fingerprint density at radius 2 is 1.77 bits per heavy atom. The van der Waals surface area contributed by atoms with Gasteiger partial charge in [-0.2, -0.15) is 4.58 Å². The van der Waals surface area contributed by atoms with Gasteiger partial charge >= 0.3 is 18.2 Å². The average Bonchev–Trinajstić information content (AvgIpc) is 2.64. The molecule has 1 heterocycles. The fourth-order valence-corrected chi connectivity index (χ4v) is 1.88. The van der Waals surface area contributed by atoms with Crippen molar-refractivity contribution in [1.82, 2.24) is 0 Å². The first-order valence-corrected chi connectivity index (χ1v) is 7.42. The molecule has 8 nitrogen and oxygen atoms in total. The molecule has 1 aromatic carbocycles. The van der Waals surface area contributed by atoms with E-state index >= 15 is 0 Å². The molecule has 22 heavy (non-hydrogen) atoms. The lowest BCUT2D eigenvalue weighted by Gasteiger charge is -2.23. The molecule has 0 bridgehead atoms. The lowest BCUT2D eigenvalue weighted by molar-refractivity contribution is -2.00. The van der Waals surface area contributed by atoms with Crippen molar-refractivity contribution in [2.75, 3.05) is 0 Å². The van der Waals surface area contributed by atoms with Crippen molar-refractivity contribution in [3.05, 3.63) is 30.3 Å². The Morgan fingerprint density at radius 3 is 2.23 bits per heavy atom. The molecular formula is C13H16ClNO7. The van der Waals surface area contributed by atoms with Crippen LogP contribution in [0.4, 0.5) is 5.69 Å². The van der Waals surface area contributed by atoms with E-state index in [0.29, 0.717) is 0 Å². The van der Waals surface area contributed by atoms with E-state index in [2.05, 4.69) is 0 Å². The number of para-hydroxylation sites is 1. The number of hydrogen-bond acceptors (Lipinski definition) is 7. The Balaban J connectivity index is 0.000000422. The first kappa shape index (κ1) is 18.3. The van der Waals surface area contributed by atoms with Gasteiger partial charge in [0.2, 0.25) is 11.7 Å². The smallest absolute Gasteiger partial charge is 0.333 e. The molecule has 0 spiro atoms. The molecule has 2 rings (SSSR count). The molecular weight excluding hydrogens is 318 g/mol. The van der Waals surface area contributed by atoms with Gasteiger partial charge in [-0.15, -0.1) is 10.2 Å². The van der Waals surface area contributed by atoms with Crippen LogP contribution in [0.3, 0.4) is 0 Å². The van der Waals surface area contributed by atoms with Gasteiger partial charge in [0.15, 0.2) is 0 Å². The molecule has 1 aliphatic heterocycles. The summed E-state index contributed by atoms with van der Waals surface area (Å²) in [4.78, 5) is 11.1. The number of halogens is 1. The summed E-state index contributed by atoms with van der Waals surface area (Å²) in [7, 11) is -4.94. The number of benzene rings is 1. The third-order valence-electron chi connectivity index (χ3n) is 2.98. The van der Waals surface area contributed by atoms with E-state index in [9.17, 15) is 4.79 Å². The summed E-state index contributed by atoms with van der Waals surface area (Å²) < 4.78 is 46.6. The molecule has 1 aromatic rings. The molecule has 0 saturated heterocycles. The van der Waals surface area contributed by atoms with E-state index in [1.807, 2.05) is 41.8 Å². The Morgan fingerprint density at radius 1 is 1.27 bits per heavy atom. The van der Waals surface area contributed by atoms with Gasteiger partial charge in [0, 0.05) is 32.9 Å². The molecule has 0 aliphatic carbocycles. The Hall–Kier alpha value is -1.71. The van der Waals surface area contributed by atoms with Gasteiger partial charge in [-0.25, -0.2) is 18.6 Å². The zero-order valence-corrected chi connectivity index (χ0v) is 13.0. The monoisotopic (exact) mass is 333 g/mol. The molecule has 2 unspecified atom stereocenters. The highest BCUT2D eigenvalue weighted by atomic mass is 35.7. The van der Waals surface area contributed by atoms with Crippen LogP contribution in [0.25, 0.3) is 0 Å². The number of carbonyl (C=O) groups excluding carboxylic acids is 1. The van der Waals surface area contributed by atoms with Crippen LogP contribution in [0, 0.1) is 10.2 Å². The average molecular weight is 334 g/mol. The van der Waals surface area contributed by atoms with Crippen molar-refractivity contribution >= 4 is 18.1 Å². The number of nitrogens with zero attached hydrogens (tertiary/aromatic N) is 1. The van der Waals surface area contributed by atoms with Crippen molar-refractivity contribution in [2.24, 2.45) is 0 Å². The third-order valence-corrected chi connectivity index (χ3v) is 2.98.